The van der Waals surface area contributed by atoms with E-state index in [1.54, 1.807) is 42.5 Å². The quantitative estimate of drug-likeness (QED) is 0.712. The average molecular weight is 341 g/mol. The maximum absolute atomic E-state index is 11.8. The lowest BCUT2D eigenvalue weighted by atomic mass is 10.3. The second kappa shape index (κ2) is 5.95. The smallest absolute Gasteiger partial charge is 0.323 e. The molecule has 0 aliphatic heterocycles. The number of nitrogen functional groups attached to an aromatic ring is 1. The summed E-state index contributed by atoms with van der Waals surface area (Å²) in [7, 11) is 0. The molecule has 0 saturated heterocycles. The van der Waals surface area contributed by atoms with E-state index in [9.17, 15) is 4.79 Å². The Bertz CT molecular complexity index is 619. The fraction of sp³-hybridized carbons (Fsp3) is 0. The largest absolute Gasteiger partial charge is 0.399 e. The van der Waals surface area contributed by atoms with Crippen molar-refractivity contribution >= 4 is 50.6 Å². The van der Waals surface area contributed by atoms with Crippen molar-refractivity contribution in [1.29, 1.82) is 0 Å². The lowest BCUT2D eigenvalue weighted by molar-refractivity contribution is 0.262. The van der Waals surface area contributed by atoms with Crippen LogP contribution in [0.4, 0.5) is 21.9 Å². The highest BCUT2D eigenvalue weighted by Gasteiger charge is 2.06. The van der Waals surface area contributed by atoms with Crippen molar-refractivity contribution in [3.8, 4) is 0 Å². The molecule has 0 unspecified atom stereocenters. The van der Waals surface area contributed by atoms with Gasteiger partial charge >= 0.3 is 6.03 Å². The first-order valence-corrected chi connectivity index (χ1v) is 6.60. The second-order valence-corrected chi connectivity index (χ2v) is 5.12. The highest BCUT2D eigenvalue weighted by Crippen LogP contribution is 2.26. The fourth-order valence-electron chi connectivity index (χ4n) is 1.49. The van der Waals surface area contributed by atoms with Gasteiger partial charge in [-0.1, -0.05) is 17.7 Å². The summed E-state index contributed by atoms with van der Waals surface area (Å²) in [6, 6.07) is 11.7. The monoisotopic (exact) mass is 339 g/mol. The summed E-state index contributed by atoms with van der Waals surface area (Å²) in [6.07, 6.45) is 0. The minimum atomic E-state index is -0.353. The molecule has 0 atom stereocenters. The Morgan fingerprint density at radius 1 is 1.16 bits per heavy atom. The Morgan fingerprint density at radius 3 is 2.63 bits per heavy atom. The Hall–Kier alpha value is -1.72. The second-order valence-electron chi connectivity index (χ2n) is 3.83. The predicted molar refractivity (Wildman–Crippen MR) is 82.6 cm³/mol. The van der Waals surface area contributed by atoms with E-state index in [1.807, 2.05) is 0 Å². The van der Waals surface area contributed by atoms with Gasteiger partial charge in [0.2, 0.25) is 0 Å². The van der Waals surface area contributed by atoms with E-state index in [4.69, 9.17) is 17.3 Å². The van der Waals surface area contributed by atoms with Crippen LogP contribution in [0.25, 0.3) is 0 Å². The highest BCUT2D eigenvalue weighted by molar-refractivity contribution is 9.10. The molecule has 0 aliphatic carbocycles. The van der Waals surface area contributed by atoms with E-state index in [2.05, 4.69) is 26.6 Å². The van der Waals surface area contributed by atoms with Crippen molar-refractivity contribution < 1.29 is 4.79 Å². The van der Waals surface area contributed by atoms with Gasteiger partial charge < -0.3 is 16.4 Å². The van der Waals surface area contributed by atoms with Crippen LogP contribution in [0.15, 0.2) is 46.9 Å². The van der Waals surface area contributed by atoms with Gasteiger partial charge in [0.25, 0.3) is 0 Å². The summed E-state index contributed by atoms with van der Waals surface area (Å²) < 4.78 is 0.711. The number of carbonyl (C=O) groups excluding carboxylic acids is 1. The highest BCUT2D eigenvalue weighted by atomic mass is 79.9. The van der Waals surface area contributed by atoms with Gasteiger partial charge in [-0.15, -0.1) is 0 Å². The molecule has 2 aromatic rings. The van der Waals surface area contributed by atoms with Gasteiger partial charge in [-0.3, -0.25) is 0 Å². The number of rotatable bonds is 2. The maximum Gasteiger partial charge on any atom is 0.323 e. The normalized spacial score (nSPS) is 10.0. The molecular formula is C13H11BrClN3O. The molecular weight excluding hydrogens is 330 g/mol. The zero-order valence-electron chi connectivity index (χ0n) is 9.78. The van der Waals surface area contributed by atoms with E-state index in [0.29, 0.717) is 26.6 Å². The lowest BCUT2D eigenvalue weighted by Gasteiger charge is -2.09. The Kier molecular flexibility index (Phi) is 4.29. The van der Waals surface area contributed by atoms with Gasteiger partial charge in [0.15, 0.2) is 0 Å². The number of amides is 2. The van der Waals surface area contributed by atoms with Crippen LogP contribution in [0, 0.1) is 0 Å². The average Bonchev–Trinajstić information content (AvgIpc) is 2.33. The number of benzene rings is 2. The number of urea groups is 1. The number of nitrogens with two attached hydrogens (primary N) is 1. The minimum absolute atomic E-state index is 0.353. The van der Waals surface area contributed by atoms with Crippen molar-refractivity contribution in [3.63, 3.8) is 0 Å². The van der Waals surface area contributed by atoms with Crippen LogP contribution in [0.3, 0.4) is 0 Å². The molecule has 0 bridgehead atoms. The zero-order valence-corrected chi connectivity index (χ0v) is 12.1. The van der Waals surface area contributed by atoms with E-state index in [0.717, 1.165) is 0 Å². The summed E-state index contributed by atoms with van der Waals surface area (Å²) >= 11 is 9.15. The Balaban J connectivity index is 2.05. The molecule has 4 nitrogen and oxygen atoms in total. The van der Waals surface area contributed by atoms with Gasteiger partial charge in [0.05, 0.1) is 5.69 Å². The summed E-state index contributed by atoms with van der Waals surface area (Å²) in [6.45, 7) is 0. The summed E-state index contributed by atoms with van der Waals surface area (Å²) in [5.41, 5.74) is 7.48. The molecule has 19 heavy (non-hydrogen) atoms. The topological polar surface area (TPSA) is 67.1 Å². The van der Waals surface area contributed by atoms with Gasteiger partial charge in [-0.2, -0.15) is 0 Å². The van der Waals surface area contributed by atoms with Gasteiger partial charge in [0, 0.05) is 20.9 Å². The molecule has 0 fully saturated rings. The molecule has 0 heterocycles. The molecule has 0 aliphatic rings. The third-order valence-corrected chi connectivity index (χ3v) is 3.22. The summed E-state index contributed by atoms with van der Waals surface area (Å²) in [4.78, 5) is 11.8. The summed E-state index contributed by atoms with van der Waals surface area (Å²) in [5, 5.41) is 5.99. The number of hydrogen-bond acceptors (Lipinski definition) is 2. The number of anilines is 3. The van der Waals surface area contributed by atoms with Crippen LogP contribution >= 0.6 is 27.5 Å². The standard InChI is InChI=1S/C13H11BrClN3O/c14-11-6-8(15)4-5-12(11)18-13(19)17-10-3-1-2-9(16)7-10/h1-7H,16H2,(H2,17,18,19). The number of halogens is 2. The third kappa shape index (κ3) is 3.87. The molecule has 0 spiro atoms. The molecule has 2 amide bonds. The first-order valence-electron chi connectivity index (χ1n) is 5.43. The SMILES string of the molecule is Nc1cccc(NC(=O)Nc2ccc(Cl)cc2Br)c1. The lowest BCUT2D eigenvalue weighted by Crippen LogP contribution is -2.19. The molecule has 0 radical (unpaired) electrons. The van der Waals surface area contributed by atoms with Crippen molar-refractivity contribution in [2.45, 2.75) is 0 Å². The fourth-order valence-corrected chi connectivity index (χ4v) is 2.27. The molecule has 98 valence electrons. The Labute approximate surface area is 124 Å². The first kappa shape index (κ1) is 13.7. The van der Waals surface area contributed by atoms with Crippen LogP contribution < -0.4 is 16.4 Å². The molecule has 2 rings (SSSR count). The van der Waals surface area contributed by atoms with Crippen LogP contribution in [0.5, 0.6) is 0 Å². The van der Waals surface area contributed by atoms with E-state index < -0.39 is 0 Å². The van der Waals surface area contributed by atoms with E-state index in [-0.39, 0.29) is 6.03 Å². The molecule has 0 aromatic heterocycles. The zero-order chi connectivity index (χ0) is 13.8. The van der Waals surface area contributed by atoms with Crippen LogP contribution in [0.2, 0.25) is 5.02 Å². The molecule has 2 aromatic carbocycles. The Morgan fingerprint density at radius 2 is 1.95 bits per heavy atom. The molecule has 0 saturated carbocycles. The van der Waals surface area contributed by atoms with Crippen molar-refractivity contribution in [3.05, 3.63) is 52.0 Å². The predicted octanol–water partition coefficient (Wildman–Crippen LogP) is 4.33. The number of nitrogens with one attached hydrogen (secondary N) is 2. The maximum atomic E-state index is 11.8. The summed E-state index contributed by atoms with van der Waals surface area (Å²) in [5.74, 6) is 0. The van der Waals surface area contributed by atoms with Gasteiger partial charge in [-0.25, -0.2) is 4.79 Å². The van der Waals surface area contributed by atoms with E-state index in [1.165, 1.54) is 0 Å². The van der Waals surface area contributed by atoms with Crippen molar-refractivity contribution in [1.82, 2.24) is 0 Å². The number of hydrogen-bond donors (Lipinski definition) is 3. The van der Waals surface area contributed by atoms with Crippen molar-refractivity contribution in [2.75, 3.05) is 16.4 Å². The van der Waals surface area contributed by atoms with Crippen LogP contribution in [-0.2, 0) is 0 Å². The minimum Gasteiger partial charge on any atom is -0.399 e. The third-order valence-electron chi connectivity index (χ3n) is 2.32. The van der Waals surface area contributed by atoms with Crippen LogP contribution in [-0.4, -0.2) is 6.03 Å². The van der Waals surface area contributed by atoms with Gasteiger partial charge in [-0.05, 0) is 52.3 Å². The van der Waals surface area contributed by atoms with Gasteiger partial charge in [0.1, 0.15) is 0 Å². The number of carbonyl (C=O) groups is 1. The van der Waals surface area contributed by atoms with Crippen LogP contribution in [0.1, 0.15) is 0 Å². The van der Waals surface area contributed by atoms with E-state index >= 15 is 0 Å². The molecule has 6 heteroatoms. The van der Waals surface area contributed by atoms with Crippen molar-refractivity contribution in [2.24, 2.45) is 0 Å². The first-order chi connectivity index (χ1) is 9.04. The molecule has 4 N–H and O–H groups in total.